The van der Waals surface area contributed by atoms with Gasteiger partial charge in [-0.1, -0.05) is 0 Å². The SMILES string of the molecule is O=C([O-])C(F)(F)F.[NH3+]CCCOc1ccc2cc(C(=O)NCCC(=O)O)cc(=O)n2c1. The van der Waals surface area contributed by atoms with E-state index in [0.717, 1.165) is 13.0 Å². The Morgan fingerprint density at radius 1 is 1.23 bits per heavy atom. The molecule has 2 heterocycles. The van der Waals surface area contributed by atoms with Crippen LogP contribution in [0.3, 0.4) is 0 Å². The molecule has 0 aromatic carbocycles. The van der Waals surface area contributed by atoms with Crippen LogP contribution in [0.1, 0.15) is 23.2 Å². The summed E-state index contributed by atoms with van der Waals surface area (Å²) in [5, 5.41) is 19.8. The molecule has 1 amide bonds. The summed E-state index contributed by atoms with van der Waals surface area (Å²) in [6.45, 7) is 1.30. The highest BCUT2D eigenvalue weighted by Crippen LogP contribution is 2.13. The first-order valence-corrected chi connectivity index (χ1v) is 8.82. The van der Waals surface area contributed by atoms with E-state index < -0.39 is 24.0 Å². The summed E-state index contributed by atoms with van der Waals surface area (Å²) < 4.78 is 38.5. The summed E-state index contributed by atoms with van der Waals surface area (Å²) in [6, 6.07) is 6.19. The molecule has 2 aromatic rings. The molecule has 10 nitrogen and oxygen atoms in total. The van der Waals surface area contributed by atoms with E-state index in [0.29, 0.717) is 17.9 Å². The van der Waals surface area contributed by atoms with Gasteiger partial charge in [0.1, 0.15) is 11.7 Å². The van der Waals surface area contributed by atoms with Gasteiger partial charge in [-0.3, -0.25) is 18.8 Å². The molecule has 2 aromatic heterocycles. The highest BCUT2D eigenvalue weighted by Gasteiger charge is 2.28. The molecule has 0 bridgehead atoms. The van der Waals surface area contributed by atoms with Crippen LogP contribution in [-0.4, -0.2) is 53.2 Å². The van der Waals surface area contributed by atoms with Crippen LogP contribution in [-0.2, 0) is 9.59 Å². The van der Waals surface area contributed by atoms with Crippen LogP contribution in [0.2, 0.25) is 0 Å². The zero-order chi connectivity index (χ0) is 23.6. The average molecular weight is 447 g/mol. The summed E-state index contributed by atoms with van der Waals surface area (Å²) >= 11 is 0. The molecule has 0 aliphatic rings. The van der Waals surface area contributed by atoms with Crippen LogP contribution in [0.5, 0.6) is 5.75 Å². The predicted molar refractivity (Wildman–Crippen MR) is 97.2 cm³/mol. The Morgan fingerprint density at radius 3 is 2.42 bits per heavy atom. The fourth-order valence-electron chi connectivity index (χ4n) is 2.10. The Morgan fingerprint density at radius 2 is 1.87 bits per heavy atom. The van der Waals surface area contributed by atoms with Gasteiger partial charge in [0.25, 0.3) is 11.5 Å². The highest BCUT2D eigenvalue weighted by atomic mass is 19.4. The molecule has 0 radical (unpaired) electrons. The molecule has 13 heteroatoms. The molecule has 0 fully saturated rings. The number of amides is 1. The van der Waals surface area contributed by atoms with Crippen LogP contribution in [0.25, 0.3) is 5.52 Å². The van der Waals surface area contributed by atoms with Crippen molar-refractivity contribution >= 4 is 23.4 Å². The van der Waals surface area contributed by atoms with E-state index in [2.05, 4.69) is 11.1 Å². The molecule has 31 heavy (non-hydrogen) atoms. The quantitative estimate of drug-likeness (QED) is 0.428. The van der Waals surface area contributed by atoms with Crippen LogP contribution in [0.15, 0.2) is 35.3 Å². The fraction of sp³-hybridized carbons (Fsp3) is 0.333. The van der Waals surface area contributed by atoms with Crippen LogP contribution in [0, 0.1) is 0 Å². The molecule has 0 aliphatic heterocycles. The number of carboxylic acids is 2. The first kappa shape index (κ1) is 25.4. The Balaban J connectivity index is 0.000000592. The molecule has 170 valence electrons. The van der Waals surface area contributed by atoms with Gasteiger partial charge in [0.05, 0.1) is 25.8 Å². The van der Waals surface area contributed by atoms with E-state index >= 15 is 0 Å². The van der Waals surface area contributed by atoms with Crippen molar-refractivity contribution in [3.8, 4) is 5.75 Å². The minimum Gasteiger partial charge on any atom is -0.542 e. The number of ether oxygens (including phenoxy) is 1. The van der Waals surface area contributed by atoms with Gasteiger partial charge in [-0.25, -0.2) is 0 Å². The fourth-order valence-corrected chi connectivity index (χ4v) is 2.10. The van der Waals surface area contributed by atoms with Gasteiger partial charge in [0.15, 0.2) is 0 Å². The van der Waals surface area contributed by atoms with Crippen molar-refractivity contribution in [3.63, 3.8) is 0 Å². The van der Waals surface area contributed by atoms with Gasteiger partial charge >= 0.3 is 12.1 Å². The Bertz CT molecular complexity index is 990. The molecule has 0 aliphatic carbocycles. The molecule has 0 atom stereocenters. The largest absolute Gasteiger partial charge is 0.542 e. The first-order valence-electron chi connectivity index (χ1n) is 8.82. The number of fused-ring (bicyclic) bond motifs is 1. The van der Waals surface area contributed by atoms with Crippen molar-refractivity contribution in [1.29, 1.82) is 0 Å². The summed E-state index contributed by atoms with van der Waals surface area (Å²) in [4.78, 5) is 43.4. The van der Waals surface area contributed by atoms with Gasteiger partial charge in [0.2, 0.25) is 0 Å². The van der Waals surface area contributed by atoms with Crippen LogP contribution >= 0.6 is 0 Å². The average Bonchev–Trinajstić information content (AvgIpc) is 2.67. The number of alkyl halides is 3. The van der Waals surface area contributed by atoms with Gasteiger partial charge in [-0.15, -0.1) is 0 Å². The van der Waals surface area contributed by atoms with Crippen LogP contribution in [0.4, 0.5) is 13.2 Å². The number of hydrogen-bond donors (Lipinski definition) is 3. The van der Waals surface area contributed by atoms with Gasteiger partial charge < -0.3 is 30.8 Å². The number of aliphatic carboxylic acids is 2. The number of hydrogen-bond acceptors (Lipinski definition) is 6. The molecular formula is C18H20F3N3O7. The second-order valence-corrected chi connectivity index (χ2v) is 5.98. The lowest BCUT2D eigenvalue weighted by Gasteiger charge is -2.09. The topological polar surface area (TPSA) is 165 Å². The molecule has 0 saturated carbocycles. The molecule has 0 saturated heterocycles. The maximum absolute atomic E-state index is 12.2. The lowest BCUT2D eigenvalue weighted by molar-refractivity contribution is -0.368. The minimum absolute atomic E-state index is 0.00655. The smallest absolute Gasteiger partial charge is 0.430 e. The first-order chi connectivity index (χ1) is 14.5. The normalized spacial score (nSPS) is 10.7. The lowest BCUT2D eigenvalue weighted by Crippen LogP contribution is -2.50. The van der Waals surface area contributed by atoms with Gasteiger partial charge in [-0.05, 0) is 18.2 Å². The zero-order valence-corrected chi connectivity index (χ0v) is 16.1. The number of carboxylic acid groups (broad SMARTS) is 2. The molecule has 0 spiro atoms. The van der Waals surface area contributed by atoms with Gasteiger partial charge in [0, 0.05) is 30.1 Å². The van der Waals surface area contributed by atoms with Crippen molar-refractivity contribution < 1.29 is 48.2 Å². The number of rotatable bonds is 8. The predicted octanol–water partition coefficient (Wildman–Crippen LogP) is -1.19. The number of nitrogens with one attached hydrogen (secondary N) is 1. The van der Waals surface area contributed by atoms with E-state index in [1.807, 2.05) is 0 Å². The van der Waals surface area contributed by atoms with E-state index in [4.69, 9.17) is 19.7 Å². The van der Waals surface area contributed by atoms with Crippen molar-refractivity contribution in [2.75, 3.05) is 19.7 Å². The van der Waals surface area contributed by atoms with Crippen molar-refractivity contribution in [2.45, 2.75) is 19.0 Å². The Kier molecular flexibility index (Phi) is 9.47. The Hall–Kier alpha value is -3.61. The number of pyridine rings is 2. The third-order valence-electron chi connectivity index (χ3n) is 3.55. The van der Waals surface area contributed by atoms with Crippen molar-refractivity contribution in [2.24, 2.45) is 0 Å². The summed E-state index contributed by atoms with van der Waals surface area (Å²) in [6.07, 6.45) is -2.97. The number of aromatic nitrogens is 1. The zero-order valence-electron chi connectivity index (χ0n) is 16.1. The van der Waals surface area contributed by atoms with Crippen molar-refractivity contribution in [3.05, 3.63) is 46.4 Å². The third-order valence-corrected chi connectivity index (χ3v) is 3.55. The highest BCUT2D eigenvalue weighted by molar-refractivity contribution is 5.95. The molecule has 0 unspecified atom stereocenters. The monoisotopic (exact) mass is 447 g/mol. The molecule has 2 rings (SSSR count). The summed E-state index contributed by atoms with van der Waals surface area (Å²) in [7, 11) is 0. The lowest BCUT2D eigenvalue weighted by atomic mass is 10.2. The summed E-state index contributed by atoms with van der Waals surface area (Å²) in [5.41, 5.74) is 4.11. The van der Waals surface area contributed by atoms with E-state index in [1.54, 1.807) is 24.4 Å². The van der Waals surface area contributed by atoms with Crippen molar-refractivity contribution in [1.82, 2.24) is 9.72 Å². The van der Waals surface area contributed by atoms with E-state index in [1.165, 1.54) is 10.5 Å². The molecule has 5 N–H and O–H groups in total. The van der Waals surface area contributed by atoms with Crippen LogP contribution < -0.4 is 26.5 Å². The van der Waals surface area contributed by atoms with E-state index in [-0.39, 0.29) is 24.1 Å². The number of nitrogens with zero attached hydrogens (tertiary/aromatic N) is 1. The molecular weight excluding hydrogens is 427 g/mol. The minimum atomic E-state index is -5.19. The number of quaternary nitrogens is 1. The second-order valence-electron chi connectivity index (χ2n) is 5.98. The number of carbonyl (C=O) groups excluding carboxylic acids is 2. The Labute approximate surface area is 173 Å². The standard InChI is InChI=1S/C16H19N3O5.C2HF3O2/c17-5-1-7-24-13-3-2-12-8-11(9-14(20)19(12)10-13)16(23)18-6-4-15(21)22;3-2(4,5)1(6)7/h2-3,8-10H,1,4-7,17H2,(H,18,23)(H,21,22);(H,6,7). The van der Waals surface area contributed by atoms with Gasteiger partial charge in [-0.2, -0.15) is 13.2 Å². The maximum Gasteiger partial charge on any atom is 0.430 e. The third kappa shape index (κ3) is 8.74. The number of carbonyl (C=O) groups is 3. The number of halogens is 3. The van der Waals surface area contributed by atoms with E-state index in [9.17, 15) is 27.6 Å². The second kappa shape index (κ2) is 11.5. The summed E-state index contributed by atoms with van der Waals surface area (Å²) in [5.74, 6) is -3.92. The maximum atomic E-state index is 12.2.